The van der Waals surface area contributed by atoms with Gasteiger partial charge in [-0.3, -0.25) is 9.48 Å². The fraction of sp³-hybridized carbons (Fsp3) is 0.667. The number of hydrogen-bond acceptors (Lipinski definition) is 5. The summed E-state index contributed by atoms with van der Waals surface area (Å²) in [6, 6.07) is 0.376. The molecule has 1 N–H and O–H groups in total. The normalized spacial score (nSPS) is 22.3. The number of carbonyl (C=O) groups excluding carboxylic acids is 1. The molecule has 1 aliphatic carbocycles. The van der Waals surface area contributed by atoms with E-state index in [1.165, 1.54) is 19.3 Å². The smallest absolute Gasteiger partial charge is 0.225 e. The van der Waals surface area contributed by atoms with Crippen molar-refractivity contribution < 1.29 is 4.79 Å². The number of hydrogen-bond donors (Lipinski definition) is 1. The molecule has 4 rings (SSSR count). The number of carbonyl (C=O) groups is 1. The highest BCUT2D eigenvalue weighted by Gasteiger charge is 2.29. The monoisotopic (exact) mass is 342 g/mol. The van der Waals surface area contributed by atoms with Crippen molar-refractivity contribution in [3.63, 3.8) is 0 Å². The van der Waals surface area contributed by atoms with Crippen molar-refractivity contribution in [1.82, 2.24) is 25.1 Å². The number of aryl methyl sites for hydroxylation is 1. The summed E-state index contributed by atoms with van der Waals surface area (Å²) in [6.45, 7) is 1.65. The highest BCUT2D eigenvalue weighted by molar-refractivity contribution is 5.87. The Morgan fingerprint density at radius 2 is 2.00 bits per heavy atom. The van der Waals surface area contributed by atoms with E-state index in [2.05, 4.69) is 25.3 Å². The van der Waals surface area contributed by atoms with Crippen LogP contribution in [0.4, 0.5) is 5.82 Å². The molecule has 1 atom stereocenters. The molecule has 0 spiro atoms. The molecule has 7 nitrogen and oxygen atoms in total. The van der Waals surface area contributed by atoms with E-state index in [0.29, 0.717) is 6.04 Å². The van der Waals surface area contributed by atoms with Crippen molar-refractivity contribution in [2.24, 2.45) is 13.0 Å². The molecular weight excluding hydrogens is 316 g/mol. The van der Waals surface area contributed by atoms with Crippen LogP contribution in [0.3, 0.4) is 0 Å². The van der Waals surface area contributed by atoms with Gasteiger partial charge in [0.05, 0.1) is 17.5 Å². The van der Waals surface area contributed by atoms with E-state index in [1.807, 2.05) is 13.2 Å². The van der Waals surface area contributed by atoms with Gasteiger partial charge >= 0.3 is 0 Å². The maximum absolute atomic E-state index is 12.7. The second-order valence-corrected chi connectivity index (χ2v) is 7.33. The maximum Gasteiger partial charge on any atom is 0.225 e. The molecule has 0 bridgehead atoms. The molecule has 2 aromatic rings. The Labute approximate surface area is 147 Å². The lowest BCUT2D eigenvalue weighted by Gasteiger charge is -2.34. The van der Waals surface area contributed by atoms with Gasteiger partial charge in [-0.25, -0.2) is 9.97 Å². The van der Waals surface area contributed by atoms with E-state index in [4.69, 9.17) is 0 Å². The third kappa shape index (κ3) is 3.32. The van der Waals surface area contributed by atoms with Gasteiger partial charge in [-0.1, -0.05) is 19.3 Å². The third-order valence-corrected chi connectivity index (χ3v) is 5.55. The fourth-order valence-electron chi connectivity index (χ4n) is 4.15. The quantitative estimate of drug-likeness (QED) is 0.924. The molecule has 2 fully saturated rings. The zero-order chi connectivity index (χ0) is 17.2. The Morgan fingerprint density at radius 1 is 1.16 bits per heavy atom. The van der Waals surface area contributed by atoms with Crippen molar-refractivity contribution in [2.75, 3.05) is 18.0 Å². The number of nitrogens with one attached hydrogen (secondary N) is 1. The highest BCUT2D eigenvalue weighted by Crippen LogP contribution is 2.27. The van der Waals surface area contributed by atoms with Crippen molar-refractivity contribution in [2.45, 2.75) is 51.0 Å². The van der Waals surface area contributed by atoms with Crippen LogP contribution in [0.1, 0.15) is 44.9 Å². The van der Waals surface area contributed by atoms with E-state index in [9.17, 15) is 4.79 Å². The lowest BCUT2D eigenvalue weighted by Crippen LogP contribution is -2.46. The molecule has 2 aliphatic rings. The number of amides is 1. The van der Waals surface area contributed by atoms with Crippen LogP contribution in [0.15, 0.2) is 12.5 Å². The van der Waals surface area contributed by atoms with Gasteiger partial charge in [-0.2, -0.15) is 5.10 Å². The molecule has 0 aromatic carbocycles. The van der Waals surface area contributed by atoms with Gasteiger partial charge in [0.25, 0.3) is 0 Å². The maximum atomic E-state index is 12.7. The average Bonchev–Trinajstić information content (AvgIpc) is 3.04. The van der Waals surface area contributed by atoms with Gasteiger partial charge in [0, 0.05) is 26.2 Å². The van der Waals surface area contributed by atoms with Crippen molar-refractivity contribution in [3.8, 4) is 0 Å². The Balaban J connectivity index is 1.47. The number of fused-ring (bicyclic) bond motifs is 1. The van der Waals surface area contributed by atoms with Gasteiger partial charge < -0.3 is 10.2 Å². The Morgan fingerprint density at radius 3 is 2.84 bits per heavy atom. The average molecular weight is 342 g/mol. The lowest BCUT2D eigenvalue weighted by molar-refractivity contribution is -0.126. The molecule has 3 heterocycles. The molecule has 7 heteroatoms. The molecule has 134 valence electrons. The summed E-state index contributed by atoms with van der Waals surface area (Å²) >= 11 is 0. The number of nitrogens with zero attached hydrogens (tertiary/aromatic N) is 5. The Kier molecular flexibility index (Phi) is 4.55. The lowest BCUT2D eigenvalue weighted by atomic mass is 9.93. The van der Waals surface area contributed by atoms with Crippen molar-refractivity contribution in [3.05, 3.63) is 12.5 Å². The minimum atomic E-state index is 0.0392. The largest absolute Gasteiger partial charge is 0.355 e. The second-order valence-electron chi connectivity index (χ2n) is 7.33. The first-order valence-corrected chi connectivity index (χ1v) is 9.40. The van der Waals surface area contributed by atoms with Crippen LogP contribution in [0, 0.1) is 5.92 Å². The number of piperidine rings is 1. The van der Waals surface area contributed by atoms with E-state index in [-0.39, 0.29) is 11.8 Å². The van der Waals surface area contributed by atoms with Gasteiger partial charge in [0.1, 0.15) is 12.1 Å². The summed E-state index contributed by atoms with van der Waals surface area (Å²) in [5, 5.41) is 8.53. The second kappa shape index (κ2) is 6.98. The van der Waals surface area contributed by atoms with Crippen LogP contribution in [0.2, 0.25) is 0 Å². The van der Waals surface area contributed by atoms with Gasteiger partial charge in [0.2, 0.25) is 5.91 Å². The van der Waals surface area contributed by atoms with Gasteiger partial charge in [-0.05, 0) is 25.7 Å². The summed E-state index contributed by atoms with van der Waals surface area (Å²) in [6.07, 6.45) is 11.4. The van der Waals surface area contributed by atoms with Crippen LogP contribution in [0.25, 0.3) is 11.0 Å². The van der Waals surface area contributed by atoms with Crippen LogP contribution >= 0.6 is 0 Å². The number of anilines is 1. The first-order chi connectivity index (χ1) is 12.2. The fourth-order valence-corrected chi connectivity index (χ4v) is 4.15. The molecule has 1 saturated carbocycles. The minimum absolute atomic E-state index is 0.0392. The standard InChI is InChI=1S/C18H26N6O/c1-23-16-15(10-21-23)17(20-12-19-16)24-9-5-6-13(11-24)18(25)22-14-7-3-2-4-8-14/h10,12-14H,2-9,11H2,1H3,(H,22,25)/t13-/m0/s1. The molecule has 1 saturated heterocycles. The summed E-state index contributed by atoms with van der Waals surface area (Å²) in [4.78, 5) is 23.7. The number of rotatable bonds is 3. The van der Waals surface area contributed by atoms with Gasteiger partial charge in [-0.15, -0.1) is 0 Å². The summed E-state index contributed by atoms with van der Waals surface area (Å²) in [7, 11) is 1.88. The minimum Gasteiger partial charge on any atom is -0.355 e. The number of aromatic nitrogens is 4. The SMILES string of the molecule is Cn1ncc2c(N3CCC[C@H](C(=O)NC4CCCCC4)C3)ncnc21. The zero-order valence-electron chi connectivity index (χ0n) is 14.8. The Bertz CT molecular complexity index is 751. The van der Waals surface area contributed by atoms with E-state index >= 15 is 0 Å². The predicted octanol–water partition coefficient (Wildman–Crippen LogP) is 2.03. The first-order valence-electron chi connectivity index (χ1n) is 9.40. The molecule has 0 radical (unpaired) electrons. The van der Waals surface area contributed by atoms with Crippen molar-refractivity contribution >= 4 is 22.8 Å². The third-order valence-electron chi connectivity index (χ3n) is 5.55. The summed E-state index contributed by atoms with van der Waals surface area (Å²) in [5.74, 6) is 1.15. The van der Waals surface area contributed by atoms with Crippen molar-refractivity contribution in [1.29, 1.82) is 0 Å². The van der Waals surface area contributed by atoms with E-state index in [1.54, 1.807) is 11.0 Å². The molecule has 0 unspecified atom stereocenters. The van der Waals surface area contributed by atoms with Crippen LogP contribution in [-0.4, -0.2) is 44.8 Å². The topological polar surface area (TPSA) is 75.9 Å². The van der Waals surface area contributed by atoms with Gasteiger partial charge in [0.15, 0.2) is 5.65 Å². The highest BCUT2D eigenvalue weighted by atomic mass is 16.2. The zero-order valence-corrected chi connectivity index (χ0v) is 14.8. The summed E-state index contributed by atoms with van der Waals surface area (Å²) in [5.41, 5.74) is 0.832. The van der Waals surface area contributed by atoms with E-state index in [0.717, 1.165) is 55.6 Å². The molecule has 25 heavy (non-hydrogen) atoms. The molecular formula is C18H26N6O. The van der Waals surface area contributed by atoms with Crippen LogP contribution in [-0.2, 0) is 11.8 Å². The van der Waals surface area contributed by atoms with Crippen LogP contribution < -0.4 is 10.2 Å². The van der Waals surface area contributed by atoms with Crippen LogP contribution in [0.5, 0.6) is 0 Å². The molecule has 2 aromatic heterocycles. The Hall–Kier alpha value is -2.18. The molecule has 1 amide bonds. The first kappa shape index (κ1) is 16.3. The van der Waals surface area contributed by atoms with E-state index < -0.39 is 0 Å². The molecule has 1 aliphatic heterocycles. The predicted molar refractivity (Wildman–Crippen MR) is 96.3 cm³/mol. The summed E-state index contributed by atoms with van der Waals surface area (Å²) < 4.78 is 1.76.